The third kappa shape index (κ3) is 1.95. The minimum Gasteiger partial charge on any atom is -0.389 e. The number of rotatable bonds is 2. The lowest BCUT2D eigenvalue weighted by Crippen LogP contribution is -2.51. The monoisotopic (exact) mass is 272 g/mol. The van der Waals surface area contributed by atoms with Crippen LogP contribution < -0.4 is 4.90 Å². The van der Waals surface area contributed by atoms with Crippen molar-refractivity contribution < 1.29 is 10.0 Å². The Morgan fingerprint density at radius 2 is 2.20 bits per heavy atom. The zero-order valence-electron chi connectivity index (χ0n) is 7.76. The second-order valence-electron chi connectivity index (χ2n) is 3.45. The van der Waals surface area contributed by atoms with Crippen LogP contribution in [-0.4, -0.2) is 29.2 Å². The Labute approximate surface area is 94.6 Å². The van der Waals surface area contributed by atoms with Crippen LogP contribution in [0.4, 0.5) is 11.4 Å². The first-order valence-electron chi connectivity index (χ1n) is 4.45. The van der Waals surface area contributed by atoms with Gasteiger partial charge in [-0.1, -0.05) is 15.9 Å². The van der Waals surface area contributed by atoms with E-state index in [1.165, 1.54) is 6.07 Å². The molecule has 2 rings (SSSR count). The maximum Gasteiger partial charge on any atom is 0.292 e. The number of nitrogens with zero attached hydrogens (tertiary/aromatic N) is 2. The van der Waals surface area contributed by atoms with Crippen LogP contribution in [0.25, 0.3) is 0 Å². The summed E-state index contributed by atoms with van der Waals surface area (Å²) in [5, 5.41) is 19.9. The lowest BCUT2D eigenvalue weighted by molar-refractivity contribution is -0.384. The molecule has 0 bridgehead atoms. The molecule has 1 N–H and O–H groups in total. The Balaban J connectivity index is 2.35. The van der Waals surface area contributed by atoms with Gasteiger partial charge in [-0.2, -0.15) is 0 Å². The van der Waals surface area contributed by atoms with E-state index < -0.39 is 4.92 Å². The fourth-order valence-electron chi connectivity index (χ4n) is 1.56. The van der Waals surface area contributed by atoms with Crippen LogP contribution in [0.1, 0.15) is 0 Å². The number of β-amino-alcohol motifs (C(OH)–C–C–N with tert-alkyl or cyclic N) is 1. The summed E-state index contributed by atoms with van der Waals surface area (Å²) >= 11 is 3.27. The first-order chi connectivity index (χ1) is 7.08. The van der Waals surface area contributed by atoms with Crippen LogP contribution in [0.5, 0.6) is 0 Å². The number of benzene rings is 1. The first kappa shape index (κ1) is 10.4. The minimum absolute atomic E-state index is 0.0742. The SMILES string of the molecule is O=[N+]([O-])c1ccc(Br)cc1N1CC(O)C1. The number of anilines is 1. The van der Waals surface area contributed by atoms with E-state index in [0.29, 0.717) is 18.8 Å². The standard InChI is InChI=1S/C9H9BrN2O3/c10-6-1-2-8(12(14)15)9(3-6)11-4-7(13)5-11/h1-3,7,13H,4-5H2. The molecule has 0 unspecified atom stereocenters. The van der Waals surface area contributed by atoms with Gasteiger partial charge in [-0.25, -0.2) is 0 Å². The minimum atomic E-state index is -0.410. The molecule has 1 aliphatic rings. The number of nitro benzene ring substituents is 1. The van der Waals surface area contributed by atoms with Gasteiger partial charge in [0.05, 0.1) is 11.0 Å². The summed E-state index contributed by atoms with van der Waals surface area (Å²) in [7, 11) is 0. The van der Waals surface area contributed by atoms with Crippen LogP contribution in [0.15, 0.2) is 22.7 Å². The van der Waals surface area contributed by atoms with Gasteiger partial charge in [-0.15, -0.1) is 0 Å². The molecular formula is C9H9BrN2O3. The van der Waals surface area contributed by atoms with Gasteiger partial charge < -0.3 is 10.0 Å². The Morgan fingerprint density at radius 1 is 1.53 bits per heavy atom. The van der Waals surface area contributed by atoms with Gasteiger partial charge in [-0.05, 0) is 12.1 Å². The molecule has 0 aromatic heterocycles. The second-order valence-corrected chi connectivity index (χ2v) is 4.36. The fourth-order valence-corrected chi connectivity index (χ4v) is 1.91. The van der Waals surface area contributed by atoms with Gasteiger partial charge in [0.1, 0.15) is 5.69 Å². The molecule has 1 aliphatic heterocycles. The Hall–Kier alpha value is -1.14. The molecule has 1 heterocycles. The van der Waals surface area contributed by atoms with E-state index >= 15 is 0 Å². The Morgan fingerprint density at radius 3 is 2.73 bits per heavy atom. The predicted octanol–water partition coefficient (Wildman–Crippen LogP) is 1.54. The second kappa shape index (κ2) is 3.79. The average Bonchev–Trinajstić information content (AvgIpc) is 2.12. The number of hydrogen-bond acceptors (Lipinski definition) is 4. The lowest BCUT2D eigenvalue weighted by Gasteiger charge is -2.37. The molecule has 5 nitrogen and oxygen atoms in total. The third-order valence-corrected chi connectivity index (χ3v) is 2.83. The number of halogens is 1. The summed E-state index contributed by atoms with van der Waals surface area (Å²) in [4.78, 5) is 12.1. The molecule has 0 aliphatic carbocycles. The van der Waals surface area contributed by atoms with Gasteiger partial charge in [0.2, 0.25) is 0 Å². The molecule has 0 amide bonds. The first-order valence-corrected chi connectivity index (χ1v) is 5.24. The van der Waals surface area contributed by atoms with Gasteiger partial charge in [-0.3, -0.25) is 10.1 Å². The molecule has 15 heavy (non-hydrogen) atoms. The molecule has 0 spiro atoms. The van der Waals surface area contributed by atoms with Crippen molar-refractivity contribution in [3.63, 3.8) is 0 Å². The van der Waals surface area contributed by atoms with E-state index in [0.717, 1.165) is 4.47 Å². The highest BCUT2D eigenvalue weighted by Crippen LogP contribution is 2.33. The van der Waals surface area contributed by atoms with Crippen molar-refractivity contribution in [2.75, 3.05) is 18.0 Å². The van der Waals surface area contributed by atoms with Crippen molar-refractivity contribution in [3.05, 3.63) is 32.8 Å². The average molecular weight is 273 g/mol. The molecule has 1 saturated heterocycles. The third-order valence-electron chi connectivity index (χ3n) is 2.34. The van der Waals surface area contributed by atoms with Crippen molar-refractivity contribution >= 4 is 27.3 Å². The van der Waals surface area contributed by atoms with Crippen LogP contribution in [0, 0.1) is 10.1 Å². The summed E-state index contributed by atoms with van der Waals surface area (Å²) in [6.07, 6.45) is -0.372. The molecule has 0 radical (unpaired) electrons. The topological polar surface area (TPSA) is 66.6 Å². The number of aliphatic hydroxyl groups is 1. The van der Waals surface area contributed by atoms with Crippen molar-refractivity contribution in [2.24, 2.45) is 0 Å². The van der Waals surface area contributed by atoms with E-state index in [1.54, 1.807) is 17.0 Å². The van der Waals surface area contributed by atoms with Gasteiger partial charge in [0.15, 0.2) is 0 Å². The molecule has 1 aromatic carbocycles. The predicted molar refractivity (Wildman–Crippen MR) is 59.0 cm³/mol. The summed E-state index contributed by atoms with van der Waals surface area (Å²) in [6.45, 7) is 0.911. The van der Waals surface area contributed by atoms with Crippen LogP contribution >= 0.6 is 15.9 Å². The summed E-state index contributed by atoms with van der Waals surface area (Å²) in [6, 6.07) is 4.80. The highest BCUT2D eigenvalue weighted by atomic mass is 79.9. The number of aliphatic hydroxyl groups excluding tert-OH is 1. The van der Waals surface area contributed by atoms with Gasteiger partial charge in [0.25, 0.3) is 5.69 Å². The van der Waals surface area contributed by atoms with Gasteiger partial charge in [0, 0.05) is 23.6 Å². The Bertz CT molecular complexity index is 404. The van der Waals surface area contributed by atoms with E-state index in [4.69, 9.17) is 5.11 Å². The van der Waals surface area contributed by atoms with Gasteiger partial charge >= 0.3 is 0 Å². The van der Waals surface area contributed by atoms with Crippen molar-refractivity contribution in [3.8, 4) is 0 Å². The smallest absolute Gasteiger partial charge is 0.292 e. The van der Waals surface area contributed by atoms with E-state index in [2.05, 4.69) is 15.9 Å². The van der Waals surface area contributed by atoms with Crippen molar-refractivity contribution in [1.82, 2.24) is 0 Å². The maximum atomic E-state index is 10.8. The van der Waals surface area contributed by atoms with Crippen molar-refractivity contribution in [2.45, 2.75) is 6.10 Å². The largest absolute Gasteiger partial charge is 0.389 e. The molecular weight excluding hydrogens is 264 g/mol. The Kier molecular flexibility index (Phi) is 2.62. The lowest BCUT2D eigenvalue weighted by atomic mass is 10.1. The van der Waals surface area contributed by atoms with Crippen LogP contribution in [0.2, 0.25) is 0 Å². The fraction of sp³-hybridized carbons (Fsp3) is 0.333. The highest BCUT2D eigenvalue weighted by molar-refractivity contribution is 9.10. The highest BCUT2D eigenvalue weighted by Gasteiger charge is 2.29. The molecule has 0 saturated carbocycles. The van der Waals surface area contributed by atoms with E-state index in [-0.39, 0.29) is 11.8 Å². The normalized spacial score (nSPS) is 16.3. The molecule has 6 heteroatoms. The summed E-state index contributed by atoms with van der Waals surface area (Å²) in [5.41, 5.74) is 0.629. The molecule has 0 atom stereocenters. The number of hydrogen-bond donors (Lipinski definition) is 1. The molecule has 80 valence electrons. The zero-order chi connectivity index (χ0) is 11.0. The summed E-state index contributed by atoms with van der Waals surface area (Å²) in [5.74, 6) is 0. The molecule has 1 aromatic rings. The zero-order valence-corrected chi connectivity index (χ0v) is 9.35. The van der Waals surface area contributed by atoms with E-state index in [9.17, 15) is 10.1 Å². The van der Waals surface area contributed by atoms with Crippen molar-refractivity contribution in [1.29, 1.82) is 0 Å². The quantitative estimate of drug-likeness (QED) is 0.655. The maximum absolute atomic E-state index is 10.8. The summed E-state index contributed by atoms with van der Waals surface area (Å²) < 4.78 is 0.796. The van der Waals surface area contributed by atoms with Crippen LogP contribution in [-0.2, 0) is 0 Å². The van der Waals surface area contributed by atoms with E-state index in [1.807, 2.05) is 0 Å². The molecule has 1 fully saturated rings. The number of nitro groups is 1. The van der Waals surface area contributed by atoms with Crippen LogP contribution in [0.3, 0.4) is 0 Å².